The van der Waals surface area contributed by atoms with Crippen LogP contribution >= 0.6 is 0 Å². The molecule has 2 aromatic rings. The molecule has 1 aliphatic heterocycles. The number of piperidine rings is 1. The van der Waals surface area contributed by atoms with Crippen molar-refractivity contribution in [3.63, 3.8) is 0 Å². The van der Waals surface area contributed by atoms with Crippen molar-refractivity contribution < 1.29 is 4.79 Å². The highest BCUT2D eigenvalue weighted by Crippen LogP contribution is 2.28. The molecule has 0 bridgehead atoms. The van der Waals surface area contributed by atoms with Gasteiger partial charge >= 0.3 is 0 Å². The molecule has 0 N–H and O–H groups in total. The van der Waals surface area contributed by atoms with Crippen LogP contribution in [0.4, 0.5) is 0 Å². The standard InChI is InChI=1S/C17H20N2O/c1-18-11-5-8-16(18)17(20)19-12-9-15(10-13-19)14-6-3-2-4-7-14/h2-8,11,15H,9-10,12-13H2,1H3. The summed E-state index contributed by atoms with van der Waals surface area (Å²) in [5.41, 5.74) is 2.18. The van der Waals surface area contributed by atoms with Gasteiger partial charge in [-0.15, -0.1) is 0 Å². The molecule has 0 radical (unpaired) electrons. The van der Waals surface area contributed by atoms with Gasteiger partial charge in [0.1, 0.15) is 5.69 Å². The Labute approximate surface area is 119 Å². The van der Waals surface area contributed by atoms with Gasteiger partial charge in [0.25, 0.3) is 5.91 Å². The minimum absolute atomic E-state index is 0.156. The van der Waals surface area contributed by atoms with E-state index in [1.54, 1.807) is 0 Å². The Balaban J connectivity index is 1.64. The van der Waals surface area contributed by atoms with Gasteiger partial charge in [0.2, 0.25) is 0 Å². The lowest BCUT2D eigenvalue weighted by Gasteiger charge is -2.32. The van der Waals surface area contributed by atoms with Crippen LogP contribution in [0.2, 0.25) is 0 Å². The number of rotatable bonds is 2. The van der Waals surface area contributed by atoms with Crippen molar-refractivity contribution in [1.82, 2.24) is 9.47 Å². The van der Waals surface area contributed by atoms with E-state index in [1.165, 1.54) is 5.56 Å². The van der Waals surface area contributed by atoms with E-state index in [0.717, 1.165) is 31.6 Å². The number of carbonyl (C=O) groups is 1. The normalized spacial score (nSPS) is 16.4. The monoisotopic (exact) mass is 268 g/mol. The van der Waals surface area contributed by atoms with Crippen LogP contribution in [-0.2, 0) is 7.05 Å². The molecule has 2 heterocycles. The second-order valence-electron chi connectivity index (χ2n) is 5.48. The summed E-state index contributed by atoms with van der Waals surface area (Å²) in [7, 11) is 1.92. The van der Waals surface area contributed by atoms with Crippen molar-refractivity contribution in [2.75, 3.05) is 13.1 Å². The summed E-state index contributed by atoms with van der Waals surface area (Å²) < 4.78 is 1.89. The number of nitrogens with zero attached hydrogens (tertiary/aromatic N) is 2. The predicted octanol–water partition coefficient (Wildman–Crippen LogP) is 3.04. The van der Waals surface area contributed by atoms with Crippen LogP contribution < -0.4 is 0 Å². The van der Waals surface area contributed by atoms with Gasteiger partial charge in [-0.1, -0.05) is 30.3 Å². The highest BCUT2D eigenvalue weighted by molar-refractivity contribution is 5.92. The van der Waals surface area contributed by atoms with Crippen molar-refractivity contribution in [1.29, 1.82) is 0 Å². The molecular formula is C17H20N2O. The molecular weight excluding hydrogens is 248 g/mol. The number of likely N-dealkylation sites (tertiary alicyclic amines) is 1. The summed E-state index contributed by atoms with van der Waals surface area (Å²) in [5.74, 6) is 0.748. The summed E-state index contributed by atoms with van der Waals surface area (Å²) >= 11 is 0. The van der Waals surface area contributed by atoms with E-state index < -0.39 is 0 Å². The molecule has 1 aliphatic rings. The Hall–Kier alpha value is -2.03. The number of amides is 1. The minimum Gasteiger partial charge on any atom is -0.347 e. The zero-order valence-electron chi connectivity index (χ0n) is 11.8. The quantitative estimate of drug-likeness (QED) is 0.822. The van der Waals surface area contributed by atoms with E-state index >= 15 is 0 Å². The lowest BCUT2D eigenvalue weighted by atomic mass is 9.89. The van der Waals surface area contributed by atoms with E-state index in [2.05, 4.69) is 30.3 Å². The van der Waals surface area contributed by atoms with E-state index in [0.29, 0.717) is 5.92 Å². The fraction of sp³-hybridized carbons (Fsp3) is 0.353. The molecule has 1 saturated heterocycles. The molecule has 3 nitrogen and oxygen atoms in total. The Bertz CT molecular complexity index is 580. The molecule has 1 aromatic heterocycles. The Kier molecular flexibility index (Phi) is 3.59. The van der Waals surface area contributed by atoms with E-state index in [4.69, 9.17) is 0 Å². The van der Waals surface area contributed by atoms with Crippen LogP contribution in [0.15, 0.2) is 48.7 Å². The third-order valence-corrected chi connectivity index (χ3v) is 4.22. The second kappa shape index (κ2) is 5.53. The van der Waals surface area contributed by atoms with Gasteiger partial charge in [-0.2, -0.15) is 0 Å². The molecule has 20 heavy (non-hydrogen) atoms. The van der Waals surface area contributed by atoms with Crippen molar-refractivity contribution >= 4 is 5.91 Å². The molecule has 0 spiro atoms. The summed E-state index contributed by atoms with van der Waals surface area (Å²) in [6.45, 7) is 1.70. The Morgan fingerprint density at radius 2 is 1.75 bits per heavy atom. The molecule has 3 heteroatoms. The number of aryl methyl sites for hydroxylation is 1. The summed E-state index contributed by atoms with van der Waals surface area (Å²) in [6, 6.07) is 14.4. The largest absolute Gasteiger partial charge is 0.347 e. The average molecular weight is 268 g/mol. The molecule has 104 valence electrons. The van der Waals surface area contributed by atoms with E-state index in [1.807, 2.05) is 34.8 Å². The topological polar surface area (TPSA) is 25.2 Å². The maximum absolute atomic E-state index is 12.4. The van der Waals surface area contributed by atoms with Crippen LogP contribution in [0.25, 0.3) is 0 Å². The lowest BCUT2D eigenvalue weighted by Crippen LogP contribution is -2.38. The molecule has 1 amide bonds. The first-order chi connectivity index (χ1) is 9.75. The van der Waals surface area contributed by atoms with Crippen molar-refractivity contribution in [3.05, 3.63) is 59.9 Å². The summed E-state index contributed by atoms with van der Waals surface area (Å²) in [6.07, 6.45) is 4.03. The Morgan fingerprint density at radius 1 is 1.05 bits per heavy atom. The fourth-order valence-corrected chi connectivity index (χ4v) is 2.99. The number of benzene rings is 1. The maximum atomic E-state index is 12.4. The van der Waals surface area contributed by atoms with Crippen LogP contribution in [-0.4, -0.2) is 28.5 Å². The lowest BCUT2D eigenvalue weighted by molar-refractivity contribution is 0.0703. The zero-order chi connectivity index (χ0) is 13.9. The number of aromatic nitrogens is 1. The molecule has 1 aromatic carbocycles. The second-order valence-corrected chi connectivity index (χ2v) is 5.48. The van der Waals surface area contributed by atoms with Crippen LogP contribution in [0.1, 0.15) is 34.8 Å². The van der Waals surface area contributed by atoms with Gasteiger partial charge in [-0.3, -0.25) is 4.79 Å². The van der Waals surface area contributed by atoms with Crippen molar-refractivity contribution in [3.8, 4) is 0 Å². The fourth-order valence-electron chi connectivity index (χ4n) is 2.99. The van der Waals surface area contributed by atoms with Crippen LogP contribution in [0.5, 0.6) is 0 Å². The van der Waals surface area contributed by atoms with Crippen molar-refractivity contribution in [2.45, 2.75) is 18.8 Å². The first kappa shape index (κ1) is 13.0. The molecule has 0 atom stereocenters. The average Bonchev–Trinajstić information content (AvgIpc) is 2.94. The maximum Gasteiger partial charge on any atom is 0.270 e. The first-order valence-corrected chi connectivity index (χ1v) is 7.21. The van der Waals surface area contributed by atoms with Gasteiger partial charge in [0, 0.05) is 26.3 Å². The molecule has 0 saturated carbocycles. The van der Waals surface area contributed by atoms with E-state index in [9.17, 15) is 4.79 Å². The van der Waals surface area contributed by atoms with Crippen LogP contribution in [0.3, 0.4) is 0 Å². The van der Waals surface area contributed by atoms with Crippen molar-refractivity contribution in [2.24, 2.45) is 7.05 Å². The highest BCUT2D eigenvalue weighted by Gasteiger charge is 2.25. The Morgan fingerprint density at radius 3 is 2.35 bits per heavy atom. The third-order valence-electron chi connectivity index (χ3n) is 4.22. The summed E-state index contributed by atoms with van der Waals surface area (Å²) in [5, 5.41) is 0. The smallest absolute Gasteiger partial charge is 0.270 e. The van der Waals surface area contributed by atoms with Gasteiger partial charge in [-0.05, 0) is 36.5 Å². The first-order valence-electron chi connectivity index (χ1n) is 7.21. The van der Waals surface area contributed by atoms with Crippen LogP contribution in [0, 0.1) is 0 Å². The predicted molar refractivity (Wildman–Crippen MR) is 79.7 cm³/mol. The van der Waals surface area contributed by atoms with Gasteiger partial charge in [0.05, 0.1) is 0 Å². The number of hydrogen-bond acceptors (Lipinski definition) is 1. The molecule has 1 fully saturated rings. The molecule has 0 aliphatic carbocycles. The molecule has 0 unspecified atom stereocenters. The van der Waals surface area contributed by atoms with Gasteiger partial charge < -0.3 is 9.47 Å². The minimum atomic E-state index is 0.156. The van der Waals surface area contributed by atoms with Gasteiger partial charge in [0.15, 0.2) is 0 Å². The number of carbonyl (C=O) groups excluding carboxylic acids is 1. The molecule has 3 rings (SSSR count). The summed E-state index contributed by atoms with van der Waals surface area (Å²) in [4.78, 5) is 14.4. The zero-order valence-corrected chi connectivity index (χ0v) is 11.8. The SMILES string of the molecule is Cn1cccc1C(=O)N1CCC(c2ccccc2)CC1. The third kappa shape index (κ3) is 2.48. The van der Waals surface area contributed by atoms with E-state index in [-0.39, 0.29) is 5.91 Å². The van der Waals surface area contributed by atoms with Gasteiger partial charge in [-0.25, -0.2) is 0 Å². The number of hydrogen-bond donors (Lipinski definition) is 0. The highest BCUT2D eigenvalue weighted by atomic mass is 16.2.